The van der Waals surface area contributed by atoms with Crippen molar-refractivity contribution < 1.29 is 9.13 Å². The summed E-state index contributed by atoms with van der Waals surface area (Å²) >= 11 is 0. The van der Waals surface area contributed by atoms with Crippen molar-refractivity contribution in [3.8, 4) is 0 Å². The Bertz CT molecular complexity index is 756. The van der Waals surface area contributed by atoms with Gasteiger partial charge in [0.1, 0.15) is 5.82 Å². The van der Waals surface area contributed by atoms with E-state index < -0.39 is 0 Å². The van der Waals surface area contributed by atoms with Crippen molar-refractivity contribution in [2.45, 2.75) is 19.4 Å². The highest BCUT2D eigenvalue weighted by Crippen LogP contribution is 2.23. The highest BCUT2D eigenvalue weighted by molar-refractivity contribution is 5.49. The maximum absolute atomic E-state index is 14.8. The molecule has 0 aromatic heterocycles. The lowest BCUT2D eigenvalue weighted by atomic mass is 10.1. The Balaban J connectivity index is 1.25. The van der Waals surface area contributed by atoms with Crippen LogP contribution in [0.4, 0.5) is 10.1 Å². The first-order valence-corrected chi connectivity index (χ1v) is 10.9. The molecule has 0 saturated carbocycles. The molecule has 156 valence electrons. The number of morpholine rings is 1. The maximum Gasteiger partial charge on any atom is 0.146 e. The molecule has 4 rings (SSSR count). The van der Waals surface area contributed by atoms with E-state index in [1.807, 2.05) is 6.07 Å². The average molecular weight is 398 g/mol. The zero-order chi connectivity index (χ0) is 19.9. The fraction of sp³-hybridized carbons (Fsp3) is 0.500. The van der Waals surface area contributed by atoms with Gasteiger partial charge in [0.15, 0.2) is 0 Å². The van der Waals surface area contributed by atoms with Crippen molar-refractivity contribution in [2.75, 3.05) is 63.9 Å². The number of aryl methyl sites for hydroxylation is 1. The number of anilines is 1. The van der Waals surface area contributed by atoms with Crippen LogP contribution in [0.15, 0.2) is 48.5 Å². The first-order chi connectivity index (χ1) is 14.3. The summed E-state index contributed by atoms with van der Waals surface area (Å²) in [5, 5.41) is 0. The van der Waals surface area contributed by atoms with E-state index in [1.165, 1.54) is 5.56 Å². The van der Waals surface area contributed by atoms with Crippen LogP contribution in [-0.4, -0.2) is 68.8 Å². The van der Waals surface area contributed by atoms with E-state index in [2.05, 4.69) is 51.1 Å². The van der Waals surface area contributed by atoms with E-state index in [0.29, 0.717) is 0 Å². The van der Waals surface area contributed by atoms with Crippen LogP contribution in [0.1, 0.15) is 17.5 Å². The Morgan fingerprint density at radius 2 is 1.55 bits per heavy atom. The normalized spacial score (nSPS) is 18.9. The second kappa shape index (κ2) is 10.2. The van der Waals surface area contributed by atoms with Gasteiger partial charge in [-0.25, -0.2) is 4.39 Å². The molecule has 0 radical (unpaired) electrons. The summed E-state index contributed by atoms with van der Waals surface area (Å²) in [4.78, 5) is 7.07. The van der Waals surface area contributed by atoms with Gasteiger partial charge in [-0.15, -0.1) is 0 Å². The van der Waals surface area contributed by atoms with Gasteiger partial charge in [0.2, 0.25) is 0 Å². The van der Waals surface area contributed by atoms with Gasteiger partial charge in [0, 0.05) is 45.8 Å². The summed E-state index contributed by atoms with van der Waals surface area (Å²) in [6.45, 7) is 9.43. The topological polar surface area (TPSA) is 19.0 Å². The molecule has 0 N–H and O–H groups in total. The molecule has 29 heavy (non-hydrogen) atoms. The molecule has 0 amide bonds. The molecule has 4 nitrogen and oxygen atoms in total. The molecule has 0 bridgehead atoms. The molecule has 2 aliphatic heterocycles. The molecule has 2 saturated heterocycles. The molecule has 2 aromatic rings. The lowest BCUT2D eigenvalue weighted by molar-refractivity contribution is 0.0374. The number of hydrogen-bond donors (Lipinski definition) is 0. The van der Waals surface area contributed by atoms with Crippen molar-refractivity contribution in [2.24, 2.45) is 0 Å². The summed E-state index contributed by atoms with van der Waals surface area (Å²) in [6.07, 6.45) is 2.00. The van der Waals surface area contributed by atoms with Crippen molar-refractivity contribution in [3.63, 3.8) is 0 Å². The third-order valence-electron chi connectivity index (χ3n) is 6.02. The van der Waals surface area contributed by atoms with Gasteiger partial charge in [-0.1, -0.05) is 36.4 Å². The lowest BCUT2D eigenvalue weighted by Gasteiger charge is -2.36. The van der Waals surface area contributed by atoms with Crippen molar-refractivity contribution >= 4 is 5.69 Å². The standard InChI is InChI=1S/C24H32FN3O/c25-23-19-21(7-4-10-26-15-17-29-18-16-26)8-9-24(23)28-13-11-27(12-14-28)20-22-5-2-1-3-6-22/h1-3,5-6,8-9,19H,4,7,10-18,20H2. The first-order valence-electron chi connectivity index (χ1n) is 10.9. The van der Waals surface area contributed by atoms with E-state index in [1.54, 1.807) is 6.07 Å². The van der Waals surface area contributed by atoms with Gasteiger partial charge >= 0.3 is 0 Å². The maximum atomic E-state index is 14.8. The second-order valence-corrected chi connectivity index (χ2v) is 8.09. The minimum Gasteiger partial charge on any atom is -0.379 e. The van der Waals surface area contributed by atoms with Gasteiger partial charge in [-0.2, -0.15) is 0 Å². The largest absolute Gasteiger partial charge is 0.379 e. The molecule has 5 heteroatoms. The van der Waals surface area contributed by atoms with Crippen molar-refractivity contribution in [1.29, 1.82) is 0 Å². The zero-order valence-electron chi connectivity index (χ0n) is 17.2. The molecular formula is C24H32FN3O. The SMILES string of the molecule is Fc1cc(CCCN2CCOCC2)ccc1N1CCN(Cc2ccccc2)CC1. The van der Waals surface area contributed by atoms with E-state index >= 15 is 0 Å². The Morgan fingerprint density at radius 3 is 2.28 bits per heavy atom. The smallest absolute Gasteiger partial charge is 0.146 e. The quantitative estimate of drug-likeness (QED) is 0.713. The number of rotatable bonds is 7. The van der Waals surface area contributed by atoms with Gasteiger partial charge in [0.25, 0.3) is 0 Å². The number of piperazine rings is 1. The van der Waals surface area contributed by atoms with Gasteiger partial charge in [-0.3, -0.25) is 9.80 Å². The van der Waals surface area contributed by atoms with Crippen LogP contribution in [0.25, 0.3) is 0 Å². The lowest BCUT2D eigenvalue weighted by Crippen LogP contribution is -2.46. The van der Waals surface area contributed by atoms with Crippen molar-refractivity contribution in [1.82, 2.24) is 9.80 Å². The van der Waals surface area contributed by atoms with Crippen LogP contribution in [0.3, 0.4) is 0 Å². The van der Waals surface area contributed by atoms with Crippen LogP contribution < -0.4 is 4.90 Å². The summed E-state index contributed by atoms with van der Waals surface area (Å²) in [6, 6.07) is 16.4. The fourth-order valence-electron chi connectivity index (χ4n) is 4.28. The molecular weight excluding hydrogens is 365 g/mol. The molecule has 0 unspecified atom stereocenters. The molecule has 0 spiro atoms. The first kappa shape index (κ1) is 20.3. The minimum atomic E-state index is -0.0784. The van der Waals surface area contributed by atoms with Crippen LogP contribution in [0.5, 0.6) is 0 Å². The monoisotopic (exact) mass is 397 g/mol. The highest BCUT2D eigenvalue weighted by atomic mass is 19.1. The molecule has 2 aliphatic rings. The Labute approximate surface area is 173 Å². The predicted molar refractivity (Wildman–Crippen MR) is 116 cm³/mol. The van der Waals surface area contributed by atoms with E-state index in [9.17, 15) is 4.39 Å². The van der Waals surface area contributed by atoms with E-state index in [4.69, 9.17) is 4.74 Å². The van der Waals surface area contributed by atoms with Gasteiger partial charge in [0.05, 0.1) is 18.9 Å². The van der Waals surface area contributed by atoms with Crippen LogP contribution in [-0.2, 0) is 17.7 Å². The fourth-order valence-corrected chi connectivity index (χ4v) is 4.28. The van der Waals surface area contributed by atoms with E-state index in [0.717, 1.165) is 89.7 Å². The summed E-state index contributed by atoms with van der Waals surface area (Å²) in [7, 11) is 0. The summed E-state index contributed by atoms with van der Waals surface area (Å²) < 4.78 is 20.2. The van der Waals surface area contributed by atoms with E-state index in [-0.39, 0.29) is 5.82 Å². The van der Waals surface area contributed by atoms with Gasteiger partial charge in [-0.05, 0) is 42.6 Å². The third-order valence-corrected chi connectivity index (χ3v) is 6.02. The average Bonchev–Trinajstić information content (AvgIpc) is 2.76. The molecule has 2 fully saturated rings. The molecule has 2 heterocycles. The van der Waals surface area contributed by atoms with Crippen molar-refractivity contribution in [3.05, 3.63) is 65.5 Å². The summed E-state index contributed by atoms with van der Waals surface area (Å²) in [5.41, 5.74) is 3.19. The summed E-state index contributed by atoms with van der Waals surface area (Å²) in [5.74, 6) is -0.0784. The Kier molecular flexibility index (Phi) is 7.14. The number of ether oxygens (including phenoxy) is 1. The van der Waals surface area contributed by atoms with Crippen LogP contribution >= 0.6 is 0 Å². The number of halogens is 1. The Hall–Kier alpha value is -1.95. The highest BCUT2D eigenvalue weighted by Gasteiger charge is 2.20. The number of benzene rings is 2. The van der Waals surface area contributed by atoms with Crippen LogP contribution in [0, 0.1) is 5.82 Å². The Morgan fingerprint density at radius 1 is 0.793 bits per heavy atom. The van der Waals surface area contributed by atoms with Gasteiger partial charge < -0.3 is 9.64 Å². The molecule has 0 aliphatic carbocycles. The number of nitrogens with zero attached hydrogens (tertiary/aromatic N) is 3. The third kappa shape index (κ3) is 5.78. The predicted octanol–water partition coefficient (Wildman–Crippen LogP) is 3.41. The zero-order valence-corrected chi connectivity index (χ0v) is 17.2. The second-order valence-electron chi connectivity index (χ2n) is 8.09. The number of hydrogen-bond acceptors (Lipinski definition) is 4. The minimum absolute atomic E-state index is 0.0784. The molecule has 0 atom stereocenters. The molecule has 2 aromatic carbocycles. The van der Waals surface area contributed by atoms with Crippen LogP contribution in [0.2, 0.25) is 0 Å².